The molecule has 0 spiro atoms. The summed E-state index contributed by atoms with van der Waals surface area (Å²) in [5.41, 5.74) is 0.624. The first-order valence-electron chi connectivity index (χ1n) is 4.24. The van der Waals surface area contributed by atoms with Gasteiger partial charge >= 0.3 is 0 Å². The smallest absolute Gasteiger partial charge is 0.146 e. The van der Waals surface area contributed by atoms with E-state index in [9.17, 15) is 0 Å². The van der Waals surface area contributed by atoms with Gasteiger partial charge < -0.3 is 4.90 Å². The Hall–Kier alpha value is -1.56. The summed E-state index contributed by atoms with van der Waals surface area (Å²) in [6.45, 7) is 4.13. The molecule has 0 atom stereocenters. The summed E-state index contributed by atoms with van der Waals surface area (Å²) in [5.74, 6) is 0.750. The second kappa shape index (κ2) is 3.90. The summed E-state index contributed by atoms with van der Waals surface area (Å²) in [5, 5.41) is 8.83. The fourth-order valence-corrected chi connectivity index (χ4v) is 1.01. The lowest BCUT2D eigenvalue weighted by atomic mass is 10.2. The summed E-state index contributed by atoms with van der Waals surface area (Å²) < 4.78 is 0. The van der Waals surface area contributed by atoms with Crippen LogP contribution in [0.5, 0.6) is 0 Å². The molecule has 0 N–H and O–H groups in total. The van der Waals surface area contributed by atoms with Crippen LogP contribution in [0.2, 0.25) is 0 Å². The maximum Gasteiger partial charge on any atom is 0.146 e. The van der Waals surface area contributed by atoms with E-state index in [-0.39, 0.29) is 0 Å². The fraction of sp³-hybridized carbons (Fsp3) is 0.400. The Morgan fingerprint density at radius 2 is 2.23 bits per heavy atom. The quantitative estimate of drug-likeness (QED) is 0.688. The minimum atomic E-state index is 0.349. The normalized spacial score (nSPS) is 9.77. The number of anilines is 1. The van der Waals surface area contributed by atoms with Gasteiger partial charge in [-0.1, -0.05) is 0 Å². The number of hydrogen-bond acceptors (Lipinski definition) is 3. The van der Waals surface area contributed by atoms with E-state index in [1.54, 1.807) is 18.3 Å². The largest absolute Gasteiger partial charge is 0.356 e. The monoisotopic (exact) mass is 175 g/mol. The number of aromatic nitrogens is 1. The highest BCUT2D eigenvalue weighted by atomic mass is 15.2. The van der Waals surface area contributed by atoms with E-state index in [0.29, 0.717) is 11.6 Å². The zero-order valence-electron chi connectivity index (χ0n) is 8.15. The molecule has 0 radical (unpaired) electrons. The van der Waals surface area contributed by atoms with Gasteiger partial charge in [-0.2, -0.15) is 5.26 Å². The Labute approximate surface area is 78.6 Å². The molecule has 3 heteroatoms. The maximum atomic E-state index is 8.83. The van der Waals surface area contributed by atoms with Gasteiger partial charge in [-0.05, 0) is 26.0 Å². The van der Waals surface area contributed by atoms with Crippen LogP contribution >= 0.6 is 0 Å². The predicted molar refractivity (Wildman–Crippen MR) is 52.5 cm³/mol. The van der Waals surface area contributed by atoms with Gasteiger partial charge in [0.2, 0.25) is 0 Å². The topological polar surface area (TPSA) is 39.9 Å². The molecular weight excluding hydrogens is 162 g/mol. The van der Waals surface area contributed by atoms with Gasteiger partial charge in [0.1, 0.15) is 11.9 Å². The van der Waals surface area contributed by atoms with Crippen LogP contribution in [0.25, 0.3) is 0 Å². The van der Waals surface area contributed by atoms with Crippen LogP contribution in [0.3, 0.4) is 0 Å². The van der Waals surface area contributed by atoms with Crippen molar-refractivity contribution in [2.45, 2.75) is 19.9 Å². The van der Waals surface area contributed by atoms with Crippen molar-refractivity contribution in [1.29, 1.82) is 5.26 Å². The minimum absolute atomic E-state index is 0.349. The molecule has 0 unspecified atom stereocenters. The van der Waals surface area contributed by atoms with Crippen LogP contribution in [0.15, 0.2) is 18.3 Å². The van der Waals surface area contributed by atoms with E-state index in [2.05, 4.69) is 24.9 Å². The summed E-state index contributed by atoms with van der Waals surface area (Å²) in [4.78, 5) is 6.16. The minimum Gasteiger partial charge on any atom is -0.356 e. The summed E-state index contributed by atoms with van der Waals surface area (Å²) in [7, 11) is 1.94. The van der Waals surface area contributed by atoms with E-state index in [1.165, 1.54) is 0 Å². The third-order valence-electron chi connectivity index (χ3n) is 2.02. The standard InChI is InChI=1S/C10H13N3/c1-8(2)13(3)10-9(7-11)5-4-6-12-10/h4-6,8H,1-3H3. The van der Waals surface area contributed by atoms with Crippen molar-refractivity contribution < 1.29 is 0 Å². The van der Waals surface area contributed by atoms with Gasteiger partial charge in [0, 0.05) is 19.3 Å². The van der Waals surface area contributed by atoms with Crippen molar-refractivity contribution in [3.05, 3.63) is 23.9 Å². The highest BCUT2D eigenvalue weighted by molar-refractivity contribution is 5.53. The van der Waals surface area contributed by atoms with Crippen LogP contribution in [0.4, 0.5) is 5.82 Å². The first-order valence-corrected chi connectivity index (χ1v) is 4.24. The SMILES string of the molecule is CC(C)N(C)c1ncccc1C#N. The average molecular weight is 175 g/mol. The Morgan fingerprint density at radius 1 is 1.54 bits per heavy atom. The molecule has 0 aliphatic rings. The van der Waals surface area contributed by atoms with Crippen LogP contribution in [-0.4, -0.2) is 18.1 Å². The van der Waals surface area contributed by atoms with Crippen molar-refractivity contribution in [2.75, 3.05) is 11.9 Å². The van der Waals surface area contributed by atoms with E-state index in [0.717, 1.165) is 5.82 Å². The van der Waals surface area contributed by atoms with Crippen LogP contribution < -0.4 is 4.90 Å². The van der Waals surface area contributed by atoms with Crippen molar-refractivity contribution >= 4 is 5.82 Å². The zero-order chi connectivity index (χ0) is 9.84. The molecule has 0 saturated carbocycles. The Balaban J connectivity index is 3.07. The molecule has 0 aliphatic heterocycles. The lowest BCUT2D eigenvalue weighted by molar-refractivity contribution is 0.742. The molecule has 0 saturated heterocycles. The molecule has 68 valence electrons. The molecule has 0 aliphatic carbocycles. The molecule has 1 aromatic rings. The number of pyridine rings is 1. The van der Waals surface area contributed by atoms with Gasteiger partial charge in [0.15, 0.2) is 0 Å². The average Bonchev–Trinajstić information content (AvgIpc) is 2.16. The molecule has 0 aromatic carbocycles. The Kier molecular flexibility index (Phi) is 2.86. The lowest BCUT2D eigenvalue weighted by Crippen LogP contribution is -2.27. The number of nitriles is 1. The Morgan fingerprint density at radius 3 is 2.77 bits per heavy atom. The maximum absolute atomic E-state index is 8.83. The van der Waals surface area contributed by atoms with E-state index in [1.807, 2.05) is 11.9 Å². The van der Waals surface area contributed by atoms with E-state index in [4.69, 9.17) is 5.26 Å². The Bertz CT molecular complexity index is 325. The van der Waals surface area contributed by atoms with Crippen LogP contribution in [0.1, 0.15) is 19.4 Å². The third kappa shape index (κ3) is 1.97. The first kappa shape index (κ1) is 9.53. The summed E-state index contributed by atoms with van der Waals surface area (Å²) in [6, 6.07) is 6.03. The summed E-state index contributed by atoms with van der Waals surface area (Å²) in [6.07, 6.45) is 1.70. The molecule has 13 heavy (non-hydrogen) atoms. The van der Waals surface area contributed by atoms with E-state index < -0.39 is 0 Å². The molecular formula is C10H13N3. The molecule has 1 aromatic heterocycles. The van der Waals surface area contributed by atoms with Crippen LogP contribution in [0, 0.1) is 11.3 Å². The number of rotatable bonds is 2. The molecule has 1 heterocycles. The van der Waals surface area contributed by atoms with Gasteiger partial charge in [0.25, 0.3) is 0 Å². The zero-order valence-corrected chi connectivity index (χ0v) is 8.15. The molecule has 3 nitrogen and oxygen atoms in total. The molecule has 1 rings (SSSR count). The third-order valence-corrected chi connectivity index (χ3v) is 2.02. The van der Waals surface area contributed by atoms with Gasteiger partial charge in [-0.25, -0.2) is 4.98 Å². The van der Waals surface area contributed by atoms with Crippen molar-refractivity contribution in [3.8, 4) is 6.07 Å². The van der Waals surface area contributed by atoms with Crippen molar-refractivity contribution in [3.63, 3.8) is 0 Å². The van der Waals surface area contributed by atoms with Crippen molar-refractivity contribution in [1.82, 2.24) is 4.98 Å². The highest BCUT2D eigenvalue weighted by Crippen LogP contribution is 2.16. The van der Waals surface area contributed by atoms with E-state index >= 15 is 0 Å². The summed E-state index contributed by atoms with van der Waals surface area (Å²) >= 11 is 0. The van der Waals surface area contributed by atoms with Gasteiger partial charge in [0.05, 0.1) is 5.56 Å². The molecule has 0 amide bonds. The van der Waals surface area contributed by atoms with Gasteiger partial charge in [-0.3, -0.25) is 0 Å². The predicted octanol–water partition coefficient (Wildman–Crippen LogP) is 1.80. The number of hydrogen-bond donors (Lipinski definition) is 0. The highest BCUT2D eigenvalue weighted by Gasteiger charge is 2.10. The second-order valence-electron chi connectivity index (χ2n) is 3.19. The fourth-order valence-electron chi connectivity index (χ4n) is 1.01. The molecule has 0 fully saturated rings. The van der Waals surface area contributed by atoms with Crippen molar-refractivity contribution in [2.24, 2.45) is 0 Å². The lowest BCUT2D eigenvalue weighted by Gasteiger charge is -2.22. The second-order valence-corrected chi connectivity index (χ2v) is 3.19. The number of nitrogens with zero attached hydrogens (tertiary/aromatic N) is 3. The first-order chi connectivity index (χ1) is 6.16. The van der Waals surface area contributed by atoms with Gasteiger partial charge in [-0.15, -0.1) is 0 Å². The molecule has 0 bridgehead atoms. The van der Waals surface area contributed by atoms with Crippen LogP contribution in [-0.2, 0) is 0 Å².